The maximum Gasteiger partial charge on any atom is 0.338 e. The summed E-state index contributed by atoms with van der Waals surface area (Å²) in [6.45, 7) is 10.9. The maximum absolute atomic E-state index is 13.6. The Labute approximate surface area is 228 Å². The fourth-order valence-corrected chi connectivity index (χ4v) is 3.91. The van der Waals surface area contributed by atoms with Crippen molar-refractivity contribution in [3.05, 3.63) is 82.9 Å². The molecule has 0 saturated heterocycles. The molecule has 1 N–H and O–H groups in total. The summed E-state index contributed by atoms with van der Waals surface area (Å²) in [6.07, 6.45) is 2.31. The summed E-state index contributed by atoms with van der Waals surface area (Å²) in [6, 6.07) is 15.4. The molecule has 38 heavy (non-hydrogen) atoms. The molecule has 2 aromatic rings. The third kappa shape index (κ3) is 10.5. The van der Waals surface area contributed by atoms with Crippen LogP contribution in [0.5, 0.6) is 0 Å². The molecule has 2 aromatic carbocycles. The number of carbonyl (C=O) groups excluding carboxylic acids is 3. The third-order valence-electron chi connectivity index (χ3n) is 5.62. The SMILES string of the molecule is CC(C)=CC(=O)N(Cc1ccccc1)C(C(=O)NC(C)(C)C)c1ccc(C(=O)OCCC[N+](C)(C)C)cc1. The lowest BCUT2D eigenvalue weighted by Crippen LogP contribution is -2.48. The number of nitrogens with zero attached hydrogens (tertiary/aromatic N) is 2. The minimum absolute atomic E-state index is 0.252. The van der Waals surface area contributed by atoms with Gasteiger partial charge in [0.15, 0.2) is 0 Å². The van der Waals surface area contributed by atoms with Crippen molar-refractivity contribution in [3.8, 4) is 0 Å². The minimum atomic E-state index is -0.896. The van der Waals surface area contributed by atoms with Gasteiger partial charge in [-0.05, 0) is 57.9 Å². The van der Waals surface area contributed by atoms with Crippen molar-refractivity contribution in [1.29, 1.82) is 0 Å². The standard InChI is InChI=1S/C31H43N3O4/c1-23(2)21-27(35)33(22-24-13-10-9-11-14-24)28(29(36)32-31(3,4)5)25-15-17-26(18-16-25)30(37)38-20-12-19-34(6,7)8/h9-11,13-18,21,28H,12,19-20,22H2,1-8H3/p+1. The molecule has 0 bridgehead atoms. The molecule has 7 nitrogen and oxygen atoms in total. The summed E-state index contributed by atoms with van der Waals surface area (Å²) in [4.78, 5) is 41.2. The van der Waals surface area contributed by atoms with Crippen molar-refractivity contribution < 1.29 is 23.6 Å². The van der Waals surface area contributed by atoms with E-state index in [1.807, 2.05) is 65.0 Å². The van der Waals surface area contributed by atoms with Crippen LogP contribution in [0.25, 0.3) is 0 Å². The zero-order valence-electron chi connectivity index (χ0n) is 24.2. The van der Waals surface area contributed by atoms with Gasteiger partial charge in [-0.2, -0.15) is 0 Å². The van der Waals surface area contributed by atoms with Crippen LogP contribution in [0.1, 0.15) is 68.6 Å². The van der Waals surface area contributed by atoms with Crippen molar-refractivity contribution in [3.63, 3.8) is 0 Å². The number of hydrogen-bond acceptors (Lipinski definition) is 4. The molecule has 0 radical (unpaired) electrons. The molecule has 1 atom stereocenters. The highest BCUT2D eigenvalue weighted by Gasteiger charge is 2.33. The smallest absolute Gasteiger partial charge is 0.338 e. The van der Waals surface area contributed by atoms with Gasteiger partial charge in [0.05, 0.1) is 39.9 Å². The van der Waals surface area contributed by atoms with Crippen LogP contribution in [0.4, 0.5) is 0 Å². The van der Waals surface area contributed by atoms with Crippen molar-refractivity contribution in [1.82, 2.24) is 10.2 Å². The van der Waals surface area contributed by atoms with Gasteiger partial charge in [-0.15, -0.1) is 0 Å². The van der Waals surface area contributed by atoms with E-state index in [-0.39, 0.29) is 18.4 Å². The lowest BCUT2D eigenvalue weighted by atomic mass is 9.99. The Bertz CT molecular complexity index is 1110. The number of amides is 2. The van der Waals surface area contributed by atoms with Gasteiger partial charge in [0, 0.05) is 24.6 Å². The molecule has 7 heteroatoms. The van der Waals surface area contributed by atoms with Gasteiger partial charge < -0.3 is 19.4 Å². The highest BCUT2D eigenvalue weighted by molar-refractivity contribution is 5.94. The molecular formula is C31H44N3O4+. The fourth-order valence-electron chi connectivity index (χ4n) is 3.91. The van der Waals surface area contributed by atoms with E-state index in [1.165, 1.54) is 0 Å². The second-order valence-electron chi connectivity index (χ2n) is 11.9. The molecule has 2 amide bonds. The maximum atomic E-state index is 13.6. The quantitative estimate of drug-likeness (QED) is 0.197. The molecule has 2 rings (SSSR count). The third-order valence-corrected chi connectivity index (χ3v) is 5.62. The molecule has 0 heterocycles. The van der Waals surface area contributed by atoms with Crippen LogP contribution in [0.2, 0.25) is 0 Å². The predicted octanol–water partition coefficient (Wildman–Crippen LogP) is 4.89. The molecule has 0 aromatic heterocycles. The Morgan fingerprint density at radius 3 is 2.11 bits per heavy atom. The first-order chi connectivity index (χ1) is 17.7. The number of nitrogens with one attached hydrogen (secondary N) is 1. The number of ether oxygens (including phenoxy) is 1. The van der Waals surface area contributed by atoms with Crippen molar-refractivity contribution in [2.45, 2.75) is 59.2 Å². The number of quaternary nitrogens is 1. The average molecular weight is 523 g/mol. The summed E-state index contributed by atoms with van der Waals surface area (Å²) < 4.78 is 6.25. The van der Waals surface area contributed by atoms with Gasteiger partial charge in [0.25, 0.3) is 0 Å². The van der Waals surface area contributed by atoms with Crippen LogP contribution in [-0.4, -0.2) is 67.0 Å². The summed E-state index contributed by atoms with van der Waals surface area (Å²) in [5, 5.41) is 3.03. The van der Waals surface area contributed by atoms with Crippen LogP contribution in [0, 0.1) is 0 Å². The van der Waals surface area contributed by atoms with E-state index in [9.17, 15) is 14.4 Å². The van der Waals surface area contributed by atoms with E-state index in [2.05, 4.69) is 26.5 Å². The van der Waals surface area contributed by atoms with Gasteiger partial charge in [0.1, 0.15) is 6.04 Å². The number of esters is 1. The van der Waals surface area contributed by atoms with Gasteiger partial charge >= 0.3 is 5.97 Å². The molecule has 0 aliphatic rings. The first kappa shape index (κ1) is 30.8. The van der Waals surface area contributed by atoms with Crippen LogP contribution in [0.3, 0.4) is 0 Å². The Kier molecular flexibility index (Phi) is 10.8. The molecular weight excluding hydrogens is 478 g/mol. The van der Waals surface area contributed by atoms with Gasteiger partial charge in [-0.3, -0.25) is 9.59 Å². The lowest BCUT2D eigenvalue weighted by molar-refractivity contribution is -0.870. The highest BCUT2D eigenvalue weighted by Crippen LogP contribution is 2.26. The van der Waals surface area contributed by atoms with E-state index in [1.54, 1.807) is 35.2 Å². The molecule has 0 saturated carbocycles. The van der Waals surface area contributed by atoms with E-state index < -0.39 is 17.6 Å². The Morgan fingerprint density at radius 2 is 1.58 bits per heavy atom. The Morgan fingerprint density at radius 1 is 0.974 bits per heavy atom. The zero-order valence-corrected chi connectivity index (χ0v) is 24.2. The number of allylic oxidation sites excluding steroid dienone is 1. The fraction of sp³-hybridized carbons (Fsp3) is 0.452. The molecule has 0 aliphatic heterocycles. The normalized spacial score (nSPS) is 12.3. The van der Waals surface area contributed by atoms with Crippen LogP contribution in [0.15, 0.2) is 66.2 Å². The van der Waals surface area contributed by atoms with E-state index in [0.29, 0.717) is 17.7 Å². The Hall–Kier alpha value is -3.45. The van der Waals surface area contributed by atoms with Crippen molar-refractivity contribution in [2.24, 2.45) is 0 Å². The number of carbonyl (C=O) groups is 3. The van der Waals surface area contributed by atoms with E-state index >= 15 is 0 Å². The summed E-state index contributed by atoms with van der Waals surface area (Å²) in [5.74, 6) is -0.960. The topological polar surface area (TPSA) is 75.7 Å². The first-order valence-electron chi connectivity index (χ1n) is 13.1. The first-order valence-corrected chi connectivity index (χ1v) is 13.1. The monoisotopic (exact) mass is 522 g/mol. The number of hydrogen-bond donors (Lipinski definition) is 1. The van der Waals surface area contributed by atoms with Gasteiger partial charge in [-0.25, -0.2) is 4.79 Å². The summed E-state index contributed by atoms with van der Waals surface area (Å²) >= 11 is 0. The molecule has 0 spiro atoms. The highest BCUT2D eigenvalue weighted by atomic mass is 16.5. The van der Waals surface area contributed by atoms with Crippen molar-refractivity contribution >= 4 is 17.8 Å². The number of benzene rings is 2. The summed E-state index contributed by atoms with van der Waals surface area (Å²) in [5.41, 5.74) is 2.26. The van der Waals surface area contributed by atoms with E-state index in [4.69, 9.17) is 4.74 Å². The van der Waals surface area contributed by atoms with Crippen LogP contribution < -0.4 is 5.32 Å². The molecule has 0 fully saturated rings. The lowest BCUT2D eigenvalue weighted by Gasteiger charge is -2.33. The molecule has 0 aliphatic carbocycles. The number of rotatable bonds is 11. The van der Waals surface area contributed by atoms with Gasteiger partial charge in [-0.1, -0.05) is 48.0 Å². The van der Waals surface area contributed by atoms with Crippen molar-refractivity contribution in [2.75, 3.05) is 34.3 Å². The summed E-state index contributed by atoms with van der Waals surface area (Å²) in [7, 11) is 6.28. The second-order valence-corrected chi connectivity index (χ2v) is 11.9. The predicted molar refractivity (Wildman–Crippen MR) is 151 cm³/mol. The minimum Gasteiger partial charge on any atom is -0.462 e. The average Bonchev–Trinajstić information content (AvgIpc) is 2.80. The van der Waals surface area contributed by atoms with Crippen LogP contribution in [-0.2, 0) is 20.9 Å². The Balaban J connectivity index is 2.38. The van der Waals surface area contributed by atoms with Crippen LogP contribution >= 0.6 is 0 Å². The van der Waals surface area contributed by atoms with Gasteiger partial charge in [0.2, 0.25) is 11.8 Å². The van der Waals surface area contributed by atoms with E-state index in [0.717, 1.165) is 28.6 Å². The second kappa shape index (κ2) is 13.4. The largest absolute Gasteiger partial charge is 0.462 e. The molecule has 206 valence electrons. The molecule has 1 unspecified atom stereocenters. The zero-order chi connectivity index (χ0) is 28.5.